The van der Waals surface area contributed by atoms with Gasteiger partial charge in [-0.2, -0.15) is 0 Å². The zero-order valence-electron chi connectivity index (χ0n) is 13.1. The molecule has 2 rings (SSSR count). The smallest absolute Gasteiger partial charge is 0.0775 e. The molecule has 0 aliphatic carbocycles. The molecule has 1 heterocycles. The van der Waals surface area contributed by atoms with Gasteiger partial charge in [0.25, 0.3) is 0 Å². The molecule has 1 aromatic rings. The molecule has 1 aliphatic rings. The maximum absolute atomic E-state index is 2.66. The zero-order valence-corrected chi connectivity index (χ0v) is 14.1. The molecule has 106 valence electrons. The zero-order chi connectivity index (χ0) is 13.9. The Hall–Kier alpha value is -0.603. The van der Waals surface area contributed by atoms with E-state index in [1.54, 1.807) is 5.19 Å². The van der Waals surface area contributed by atoms with Crippen LogP contribution in [0.2, 0.25) is 19.6 Å². The van der Waals surface area contributed by atoms with Gasteiger partial charge in [-0.25, -0.2) is 0 Å². The Morgan fingerprint density at radius 3 is 2.37 bits per heavy atom. The molecule has 19 heavy (non-hydrogen) atoms. The van der Waals surface area contributed by atoms with E-state index in [0.717, 1.165) is 12.6 Å². The summed E-state index contributed by atoms with van der Waals surface area (Å²) < 4.78 is 0. The number of rotatable bonds is 3. The van der Waals surface area contributed by atoms with E-state index in [1.807, 2.05) is 0 Å². The normalized spacial score (nSPS) is 22.2. The first kappa shape index (κ1) is 14.8. The van der Waals surface area contributed by atoms with Crippen LogP contribution in [0.3, 0.4) is 0 Å². The highest BCUT2D eigenvalue weighted by molar-refractivity contribution is 6.88. The summed E-state index contributed by atoms with van der Waals surface area (Å²) >= 11 is 0. The van der Waals surface area contributed by atoms with E-state index in [-0.39, 0.29) is 0 Å². The van der Waals surface area contributed by atoms with Crippen LogP contribution in [-0.4, -0.2) is 25.6 Å². The van der Waals surface area contributed by atoms with Crippen LogP contribution in [0.1, 0.15) is 38.2 Å². The van der Waals surface area contributed by atoms with Gasteiger partial charge in [-0.05, 0) is 31.9 Å². The minimum atomic E-state index is -1.14. The predicted molar refractivity (Wildman–Crippen MR) is 87.8 cm³/mol. The van der Waals surface area contributed by atoms with Crippen molar-refractivity contribution in [1.82, 2.24) is 4.90 Å². The first-order chi connectivity index (χ1) is 8.97. The second kappa shape index (κ2) is 6.23. The lowest BCUT2D eigenvalue weighted by Crippen LogP contribution is -2.37. The van der Waals surface area contributed by atoms with Gasteiger partial charge in [0.05, 0.1) is 8.07 Å². The SMILES string of the molecule is CC1CCCCCN1Cc1ccc([Si](C)(C)C)cc1. The van der Waals surface area contributed by atoms with E-state index in [9.17, 15) is 0 Å². The van der Waals surface area contributed by atoms with Gasteiger partial charge >= 0.3 is 0 Å². The second-order valence-corrected chi connectivity index (χ2v) is 12.2. The van der Waals surface area contributed by atoms with Crippen molar-refractivity contribution in [2.24, 2.45) is 0 Å². The Labute approximate surface area is 120 Å². The summed E-state index contributed by atoms with van der Waals surface area (Å²) in [5.74, 6) is 0. The van der Waals surface area contributed by atoms with Crippen molar-refractivity contribution in [3.8, 4) is 0 Å². The lowest BCUT2D eigenvalue weighted by atomic mass is 10.1. The number of hydrogen-bond acceptors (Lipinski definition) is 1. The molecule has 2 heteroatoms. The summed E-state index contributed by atoms with van der Waals surface area (Å²) in [6.45, 7) is 12.0. The Morgan fingerprint density at radius 1 is 1.05 bits per heavy atom. The molecule has 1 atom stereocenters. The molecule has 0 saturated carbocycles. The maximum atomic E-state index is 2.66. The van der Waals surface area contributed by atoms with Gasteiger partial charge in [0.1, 0.15) is 0 Å². The summed E-state index contributed by atoms with van der Waals surface area (Å²) in [5.41, 5.74) is 1.48. The van der Waals surface area contributed by atoms with Crippen molar-refractivity contribution < 1.29 is 0 Å². The Bertz CT molecular complexity index is 391. The molecule has 1 nitrogen and oxygen atoms in total. The molecule has 1 aliphatic heterocycles. The molecular weight excluding hydrogens is 246 g/mol. The van der Waals surface area contributed by atoms with Crippen molar-refractivity contribution >= 4 is 13.3 Å². The summed E-state index contributed by atoms with van der Waals surface area (Å²) in [6, 6.07) is 10.2. The summed E-state index contributed by atoms with van der Waals surface area (Å²) in [4.78, 5) is 2.66. The van der Waals surface area contributed by atoms with Crippen LogP contribution >= 0.6 is 0 Å². The average molecular weight is 276 g/mol. The fourth-order valence-electron chi connectivity index (χ4n) is 2.91. The van der Waals surface area contributed by atoms with E-state index in [2.05, 4.69) is 55.7 Å². The molecular formula is C17H29NSi. The predicted octanol–water partition coefficient (Wildman–Crippen LogP) is 4.00. The van der Waals surface area contributed by atoms with Crippen LogP contribution in [0.5, 0.6) is 0 Å². The van der Waals surface area contributed by atoms with Crippen LogP contribution in [0.15, 0.2) is 24.3 Å². The standard InChI is InChI=1S/C17H29NSi/c1-15-8-6-5-7-13-18(15)14-16-9-11-17(12-10-16)19(2,3)4/h9-12,15H,5-8,13-14H2,1-4H3. The average Bonchev–Trinajstić information content (AvgIpc) is 2.55. The highest BCUT2D eigenvalue weighted by Gasteiger charge is 2.18. The van der Waals surface area contributed by atoms with E-state index in [4.69, 9.17) is 0 Å². The third-order valence-electron chi connectivity index (χ3n) is 4.40. The number of nitrogens with zero attached hydrogens (tertiary/aromatic N) is 1. The van der Waals surface area contributed by atoms with Gasteiger partial charge in [-0.1, -0.05) is 61.9 Å². The van der Waals surface area contributed by atoms with Gasteiger partial charge in [0, 0.05) is 12.6 Å². The fourth-order valence-corrected chi connectivity index (χ4v) is 4.08. The molecule has 0 bridgehead atoms. The monoisotopic (exact) mass is 275 g/mol. The van der Waals surface area contributed by atoms with Gasteiger partial charge in [0.15, 0.2) is 0 Å². The van der Waals surface area contributed by atoms with E-state index < -0.39 is 8.07 Å². The third kappa shape index (κ3) is 4.18. The molecule has 0 spiro atoms. The van der Waals surface area contributed by atoms with Gasteiger partial charge in [0.2, 0.25) is 0 Å². The van der Waals surface area contributed by atoms with E-state index >= 15 is 0 Å². The molecule has 0 amide bonds. The largest absolute Gasteiger partial charge is 0.296 e. The lowest BCUT2D eigenvalue weighted by Gasteiger charge is -2.27. The maximum Gasteiger partial charge on any atom is 0.0775 e. The van der Waals surface area contributed by atoms with Crippen LogP contribution in [0.25, 0.3) is 0 Å². The van der Waals surface area contributed by atoms with Gasteiger partial charge < -0.3 is 0 Å². The summed E-state index contributed by atoms with van der Waals surface area (Å²) in [6.07, 6.45) is 5.56. The van der Waals surface area contributed by atoms with Crippen LogP contribution in [-0.2, 0) is 6.54 Å². The first-order valence-corrected chi connectivity index (χ1v) is 11.3. The van der Waals surface area contributed by atoms with Crippen molar-refractivity contribution in [1.29, 1.82) is 0 Å². The Balaban J connectivity index is 2.02. The van der Waals surface area contributed by atoms with E-state index in [1.165, 1.54) is 37.8 Å². The number of hydrogen-bond donors (Lipinski definition) is 0. The molecule has 0 N–H and O–H groups in total. The topological polar surface area (TPSA) is 3.24 Å². The van der Waals surface area contributed by atoms with E-state index in [0.29, 0.717) is 0 Å². The molecule has 1 fully saturated rings. The molecule has 1 saturated heterocycles. The minimum absolute atomic E-state index is 0.749. The number of likely N-dealkylation sites (tertiary alicyclic amines) is 1. The minimum Gasteiger partial charge on any atom is -0.296 e. The third-order valence-corrected chi connectivity index (χ3v) is 6.46. The van der Waals surface area contributed by atoms with Gasteiger partial charge in [-0.3, -0.25) is 4.90 Å². The van der Waals surface area contributed by atoms with Crippen molar-refractivity contribution in [3.63, 3.8) is 0 Å². The van der Waals surface area contributed by atoms with Crippen LogP contribution in [0, 0.1) is 0 Å². The van der Waals surface area contributed by atoms with Crippen LogP contribution < -0.4 is 5.19 Å². The van der Waals surface area contributed by atoms with Crippen molar-refractivity contribution in [2.75, 3.05) is 6.54 Å². The quantitative estimate of drug-likeness (QED) is 0.754. The van der Waals surface area contributed by atoms with Crippen LogP contribution in [0.4, 0.5) is 0 Å². The Kier molecular flexibility index (Phi) is 4.85. The Morgan fingerprint density at radius 2 is 1.74 bits per heavy atom. The highest BCUT2D eigenvalue weighted by atomic mass is 28.3. The molecule has 0 radical (unpaired) electrons. The molecule has 1 aromatic carbocycles. The highest BCUT2D eigenvalue weighted by Crippen LogP contribution is 2.18. The molecule has 1 unspecified atom stereocenters. The van der Waals surface area contributed by atoms with Crippen molar-refractivity contribution in [3.05, 3.63) is 29.8 Å². The van der Waals surface area contributed by atoms with Gasteiger partial charge in [-0.15, -0.1) is 0 Å². The fraction of sp³-hybridized carbons (Fsp3) is 0.647. The summed E-state index contributed by atoms with van der Waals surface area (Å²) in [7, 11) is -1.14. The van der Waals surface area contributed by atoms with Crippen molar-refractivity contribution in [2.45, 2.75) is 64.8 Å². The lowest BCUT2D eigenvalue weighted by molar-refractivity contribution is 0.205. The molecule has 0 aromatic heterocycles. The number of benzene rings is 1. The first-order valence-electron chi connectivity index (χ1n) is 7.80. The second-order valence-electron chi connectivity index (χ2n) is 7.12. The summed E-state index contributed by atoms with van der Waals surface area (Å²) in [5, 5.41) is 1.57.